The van der Waals surface area contributed by atoms with Gasteiger partial charge in [-0.05, 0) is 18.4 Å². The summed E-state index contributed by atoms with van der Waals surface area (Å²) in [7, 11) is 2.51. The van der Waals surface area contributed by atoms with Gasteiger partial charge in [-0.1, -0.05) is 0 Å². The van der Waals surface area contributed by atoms with Gasteiger partial charge in [0, 0.05) is 59.3 Å². The van der Waals surface area contributed by atoms with Crippen LogP contribution in [0.5, 0.6) is 0 Å². The van der Waals surface area contributed by atoms with E-state index >= 15 is 0 Å². The molecule has 0 aromatic carbocycles. The van der Waals surface area contributed by atoms with Crippen LogP contribution in [0.15, 0.2) is 11.1 Å². The summed E-state index contributed by atoms with van der Waals surface area (Å²) in [5.74, 6) is -1.43. The predicted octanol–water partition coefficient (Wildman–Crippen LogP) is 3.93. The highest BCUT2D eigenvalue weighted by atomic mass is 127. The Labute approximate surface area is 129 Å². The van der Waals surface area contributed by atoms with Crippen molar-refractivity contribution in [2.24, 2.45) is 5.92 Å². The molecule has 0 saturated carbocycles. The molecule has 0 fully saturated rings. The van der Waals surface area contributed by atoms with E-state index in [9.17, 15) is 21.6 Å². The number of halogens is 5. The van der Waals surface area contributed by atoms with Crippen LogP contribution >= 0.6 is 41.0 Å². The van der Waals surface area contributed by atoms with Crippen molar-refractivity contribution in [2.75, 3.05) is 0 Å². The van der Waals surface area contributed by atoms with E-state index in [1.165, 1.54) is 10.2 Å². The highest BCUT2D eigenvalue weighted by molar-refractivity contribution is 14.2. The van der Waals surface area contributed by atoms with Crippen LogP contribution in [0.25, 0.3) is 0 Å². The number of aromatic nitrogens is 1. The van der Waals surface area contributed by atoms with Crippen molar-refractivity contribution in [1.82, 2.24) is 3.97 Å². The van der Waals surface area contributed by atoms with Gasteiger partial charge in [-0.15, -0.1) is 0 Å². The molecule has 1 unspecified atom stereocenters. The summed E-state index contributed by atoms with van der Waals surface area (Å²) < 4.78 is 62.6. The lowest BCUT2D eigenvalue weighted by Gasteiger charge is -2.25. The number of fused-ring (bicyclic) bond motifs is 1. The van der Waals surface area contributed by atoms with Gasteiger partial charge in [0.1, 0.15) is 4.90 Å². The molecule has 0 spiro atoms. The first kappa shape index (κ1) is 15.8. The molecule has 1 atom stereocenters. The molecule has 1 heterocycles. The molecule has 0 N–H and O–H groups in total. The van der Waals surface area contributed by atoms with Crippen molar-refractivity contribution < 1.29 is 21.6 Å². The Balaban J connectivity index is 2.48. The number of hydrogen-bond acceptors (Lipinski definition) is 3. The molecule has 1 aliphatic carbocycles. The summed E-state index contributed by atoms with van der Waals surface area (Å²) in [6.45, 7) is 0. The van der Waals surface area contributed by atoms with E-state index < -0.39 is 21.1 Å². The molecular formula is C9H8ClF3INO2S2. The first-order valence-corrected chi connectivity index (χ1v) is 10.8. The van der Waals surface area contributed by atoms with Gasteiger partial charge in [0.25, 0.3) is 9.05 Å². The van der Waals surface area contributed by atoms with E-state index in [-0.39, 0.29) is 24.2 Å². The van der Waals surface area contributed by atoms with Gasteiger partial charge in [-0.25, -0.2) is 8.42 Å². The van der Waals surface area contributed by atoms with E-state index in [1.54, 1.807) is 0 Å². The van der Waals surface area contributed by atoms with Crippen molar-refractivity contribution in [3.05, 3.63) is 17.5 Å². The van der Waals surface area contributed by atoms with Crippen LogP contribution in [0.3, 0.4) is 0 Å². The van der Waals surface area contributed by atoms with E-state index in [0.717, 1.165) is 9.12 Å². The molecular weight excluding hydrogens is 438 g/mol. The Morgan fingerprint density at radius 3 is 2.58 bits per heavy atom. The maximum Gasteiger partial charge on any atom is 0.392 e. The maximum atomic E-state index is 12.7. The van der Waals surface area contributed by atoms with E-state index in [1.807, 2.05) is 21.2 Å². The summed E-state index contributed by atoms with van der Waals surface area (Å²) in [5.41, 5.74) is 0.812. The summed E-state index contributed by atoms with van der Waals surface area (Å²) >= 11 is 1.89. The Kier molecular flexibility index (Phi) is 4.40. The van der Waals surface area contributed by atoms with Gasteiger partial charge < -0.3 is 0 Å². The van der Waals surface area contributed by atoms with Crippen LogP contribution in [-0.4, -0.2) is 18.6 Å². The molecule has 10 heteroatoms. The average Bonchev–Trinajstić information content (AvgIpc) is 2.65. The fourth-order valence-electron chi connectivity index (χ4n) is 2.22. The van der Waals surface area contributed by atoms with Crippen molar-refractivity contribution in [3.8, 4) is 0 Å². The van der Waals surface area contributed by atoms with Crippen molar-refractivity contribution in [3.63, 3.8) is 0 Å². The number of rotatable bonds is 2. The number of nitrogens with zero attached hydrogens (tertiary/aromatic N) is 1. The zero-order chi connectivity index (χ0) is 14.4. The van der Waals surface area contributed by atoms with Crippen molar-refractivity contribution in [1.29, 1.82) is 0 Å². The van der Waals surface area contributed by atoms with Crippen LogP contribution in [0.2, 0.25) is 0 Å². The van der Waals surface area contributed by atoms with Gasteiger partial charge in [0.05, 0.1) is 5.92 Å². The highest BCUT2D eigenvalue weighted by Gasteiger charge is 2.43. The molecule has 0 bridgehead atoms. The second kappa shape index (κ2) is 5.30. The van der Waals surface area contributed by atoms with E-state index in [2.05, 4.69) is 0 Å². The van der Waals surface area contributed by atoms with Gasteiger partial charge in [-0.3, -0.25) is 3.97 Å². The van der Waals surface area contributed by atoms with Gasteiger partial charge in [-0.2, -0.15) is 13.2 Å². The minimum Gasteiger partial charge on any atom is -0.286 e. The monoisotopic (exact) mass is 445 g/mol. The maximum absolute atomic E-state index is 12.7. The average molecular weight is 446 g/mol. The fourth-order valence-corrected chi connectivity index (χ4v) is 4.90. The Hall–Kier alpha value is 0.390. The molecule has 0 aliphatic heterocycles. The minimum absolute atomic E-state index is 0.0744. The third kappa shape index (κ3) is 3.18. The predicted molar refractivity (Wildman–Crippen MR) is 76.0 cm³/mol. The molecule has 108 valence electrons. The molecule has 0 amide bonds. The smallest absolute Gasteiger partial charge is 0.286 e. The van der Waals surface area contributed by atoms with Crippen molar-refractivity contribution >= 4 is 50.1 Å². The molecule has 1 aromatic heterocycles. The Morgan fingerprint density at radius 2 is 2.11 bits per heavy atom. The highest BCUT2D eigenvalue weighted by Crippen LogP contribution is 2.41. The zero-order valence-corrected chi connectivity index (χ0v) is 13.8. The standard InChI is InChI=1S/C9H8ClF3INO2S2/c10-19(16,17)8-4-15(18-14)7-3-5(9(11,12)13)1-2-6(7)8/h4-5H,1-3H2. The van der Waals surface area contributed by atoms with E-state index in [0.29, 0.717) is 11.3 Å². The topological polar surface area (TPSA) is 39.1 Å². The molecule has 2 rings (SSSR count). The van der Waals surface area contributed by atoms with Crippen LogP contribution < -0.4 is 0 Å². The normalized spacial score (nSPS) is 20.4. The molecule has 1 aliphatic rings. The lowest BCUT2D eigenvalue weighted by atomic mass is 9.87. The van der Waals surface area contributed by atoms with Gasteiger partial charge in [0.2, 0.25) is 0 Å². The van der Waals surface area contributed by atoms with Crippen molar-refractivity contribution in [2.45, 2.75) is 30.3 Å². The number of alkyl halides is 3. The minimum atomic E-state index is -4.26. The summed E-state index contributed by atoms with van der Waals surface area (Å²) in [6.07, 6.45) is -3.20. The Bertz CT molecular complexity index is 599. The van der Waals surface area contributed by atoms with Crippen LogP contribution in [0.4, 0.5) is 13.2 Å². The second-order valence-electron chi connectivity index (χ2n) is 4.23. The lowest BCUT2D eigenvalue weighted by molar-refractivity contribution is -0.177. The summed E-state index contributed by atoms with van der Waals surface area (Å²) in [5, 5.41) is 0. The zero-order valence-electron chi connectivity index (χ0n) is 9.25. The first-order valence-electron chi connectivity index (χ1n) is 5.18. The van der Waals surface area contributed by atoms with Gasteiger partial charge in [0.15, 0.2) is 0 Å². The summed E-state index contributed by atoms with van der Waals surface area (Å²) in [4.78, 5) is -0.0750. The second-order valence-corrected chi connectivity index (χ2v) is 8.48. The molecule has 19 heavy (non-hydrogen) atoms. The van der Waals surface area contributed by atoms with Crippen LogP contribution in [0.1, 0.15) is 17.7 Å². The number of hydrogen-bond donors (Lipinski definition) is 0. The quantitative estimate of drug-likeness (QED) is 0.511. The third-order valence-corrected chi connectivity index (χ3v) is 6.25. The molecule has 0 saturated heterocycles. The van der Waals surface area contributed by atoms with Crippen LogP contribution in [-0.2, 0) is 21.9 Å². The SMILES string of the molecule is O=S(=O)(Cl)c1cn(SI)c2c1CCC(C(F)(F)F)C2. The molecule has 1 aromatic rings. The Morgan fingerprint density at radius 1 is 1.47 bits per heavy atom. The van der Waals surface area contributed by atoms with Gasteiger partial charge >= 0.3 is 6.18 Å². The first-order chi connectivity index (χ1) is 8.64. The summed E-state index contributed by atoms with van der Waals surface area (Å²) in [6, 6.07) is 0. The molecule has 3 nitrogen and oxygen atoms in total. The van der Waals surface area contributed by atoms with Crippen LogP contribution in [0, 0.1) is 5.92 Å². The fraction of sp³-hybridized carbons (Fsp3) is 0.556. The largest absolute Gasteiger partial charge is 0.392 e. The van der Waals surface area contributed by atoms with E-state index in [4.69, 9.17) is 10.7 Å². The lowest BCUT2D eigenvalue weighted by Crippen LogP contribution is -2.29. The molecule has 0 radical (unpaired) electrons. The third-order valence-electron chi connectivity index (χ3n) is 3.13.